The van der Waals surface area contributed by atoms with Gasteiger partial charge in [0.05, 0.1) is 11.3 Å². The topological polar surface area (TPSA) is 67.6 Å². The van der Waals surface area contributed by atoms with Crippen LogP contribution >= 0.6 is 15.9 Å². The summed E-state index contributed by atoms with van der Waals surface area (Å²) in [6, 6.07) is 7.81. The molecule has 1 aromatic carbocycles. The number of amides is 1. The van der Waals surface area contributed by atoms with Gasteiger partial charge in [0.15, 0.2) is 0 Å². The molecule has 1 aliphatic rings. The maximum Gasteiger partial charge on any atom is 0.251 e. The van der Waals surface area contributed by atoms with Gasteiger partial charge in [-0.05, 0) is 25.1 Å². The summed E-state index contributed by atoms with van der Waals surface area (Å²) in [5, 5.41) is 18.5. The molecule has 1 aromatic rings. The molecule has 5 nitrogen and oxygen atoms in total. The van der Waals surface area contributed by atoms with Crippen LogP contribution in [0.4, 0.5) is 5.69 Å². The molecule has 0 spiro atoms. The van der Waals surface area contributed by atoms with Gasteiger partial charge in [-0.3, -0.25) is 4.79 Å². The molecule has 0 unspecified atom stereocenters. The molecule has 0 saturated carbocycles. The average molecular weight is 338 g/mol. The van der Waals surface area contributed by atoms with E-state index in [1.165, 1.54) is 6.92 Å². The molecular formula is C14H16BrN3O2. The average Bonchev–Trinajstić information content (AvgIpc) is 2.46. The molecular weight excluding hydrogens is 322 g/mol. The maximum atomic E-state index is 11.7. The molecule has 20 heavy (non-hydrogen) atoms. The van der Waals surface area contributed by atoms with Crippen molar-refractivity contribution in [2.24, 2.45) is 0 Å². The van der Waals surface area contributed by atoms with Gasteiger partial charge in [-0.15, -0.1) is 0 Å². The Morgan fingerprint density at radius 1 is 1.40 bits per heavy atom. The number of aliphatic hydroxyl groups is 1. The van der Waals surface area contributed by atoms with Gasteiger partial charge in [-0.25, -0.2) is 0 Å². The van der Waals surface area contributed by atoms with Crippen LogP contribution in [0.15, 0.2) is 22.7 Å². The summed E-state index contributed by atoms with van der Waals surface area (Å²) < 4.78 is 0.876. The molecule has 1 N–H and O–H groups in total. The molecule has 1 heterocycles. The number of halogens is 1. The van der Waals surface area contributed by atoms with Gasteiger partial charge in [0, 0.05) is 30.7 Å². The lowest BCUT2D eigenvalue weighted by molar-refractivity contribution is -0.139. The Bertz CT molecular complexity index is 546. The second-order valence-corrected chi connectivity index (χ2v) is 5.68. The van der Waals surface area contributed by atoms with Gasteiger partial charge in [0.25, 0.3) is 5.91 Å². The lowest BCUT2D eigenvalue weighted by Gasteiger charge is -2.37. The summed E-state index contributed by atoms with van der Waals surface area (Å²) in [6.45, 7) is 3.93. The van der Waals surface area contributed by atoms with E-state index in [2.05, 4.69) is 26.9 Å². The Hall–Kier alpha value is -1.58. The number of nitriles is 1. The molecule has 106 valence electrons. The highest BCUT2D eigenvalue weighted by atomic mass is 79.9. The summed E-state index contributed by atoms with van der Waals surface area (Å²) in [5.41, 5.74) is 1.51. The van der Waals surface area contributed by atoms with E-state index in [9.17, 15) is 15.2 Å². The summed E-state index contributed by atoms with van der Waals surface area (Å²) in [5.74, 6) is -0.235. The summed E-state index contributed by atoms with van der Waals surface area (Å²) in [6.07, 6.45) is -0.955. The molecule has 0 radical (unpaired) electrons. The van der Waals surface area contributed by atoms with E-state index in [-0.39, 0.29) is 5.91 Å². The number of benzene rings is 1. The quantitative estimate of drug-likeness (QED) is 0.884. The first-order chi connectivity index (χ1) is 9.52. The monoisotopic (exact) mass is 337 g/mol. The fraction of sp³-hybridized carbons (Fsp3) is 0.429. The predicted octanol–water partition coefficient (Wildman–Crippen LogP) is 1.35. The highest BCUT2D eigenvalue weighted by Crippen LogP contribution is 2.25. The van der Waals surface area contributed by atoms with Crippen molar-refractivity contribution in [1.29, 1.82) is 5.26 Å². The third-order valence-electron chi connectivity index (χ3n) is 3.37. The Morgan fingerprint density at radius 3 is 2.60 bits per heavy atom. The van der Waals surface area contributed by atoms with Crippen LogP contribution in [0.5, 0.6) is 0 Å². The number of aliphatic hydroxyl groups excluding tert-OH is 1. The Kier molecular flexibility index (Phi) is 4.63. The van der Waals surface area contributed by atoms with Crippen LogP contribution in [0.3, 0.4) is 0 Å². The zero-order chi connectivity index (χ0) is 14.7. The minimum Gasteiger partial charge on any atom is -0.384 e. The minimum atomic E-state index is -0.955. The number of anilines is 1. The Balaban J connectivity index is 2.08. The smallest absolute Gasteiger partial charge is 0.251 e. The van der Waals surface area contributed by atoms with Gasteiger partial charge in [0.1, 0.15) is 12.2 Å². The fourth-order valence-corrected chi connectivity index (χ4v) is 2.67. The van der Waals surface area contributed by atoms with Gasteiger partial charge in [-0.1, -0.05) is 15.9 Å². The van der Waals surface area contributed by atoms with Gasteiger partial charge in [-0.2, -0.15) is 5.26 Å². The summed E-state index contributed by atoms with van der Waals surface area (Å²) >= 11 is 3.36. The van der Waals surface area contributed by atoms with E-state index in [1.54, 1.807) is 11.0 Å². The largest absolute Gasteiger partial charge is 0.384 e. The van der Waals surface area contributed by atoms with Crippen molar-refractivity contribution < 1.29 is 9.90 Å². The lowest BCUT2D eigenvalue weighted by Crippen LogP contribution is -2.51. The van der Waals surface area contributed by atoms with Crippen molar-refractivity contribution in [2.75, 3.05) is 31.1 Å². The number of carbonyl (C=O) groups is 1. The minimum absolute atomic E-state index is 0.235. The first kappa shape index (κ1) is 14.8. The molecule has 6 heteroatoms. The van der Waals surface area contributed by atoms with E-state index >= 15 is 0 Å². The SMILES string of the molecule is C[C@@H](O)C(=O)N1CCN(c2ccc(Br)cc2C#N)CC1. The molecule has 1 fully saturated rings. The van der Waals surface area contributed by atoms with Crippen molar-refractivity contribution >= 4 is 27.5 Å². The van der Waals surface area contributed by atoms with Crippen molar-refractivity contribution in [1.82, 2.24) is 4.90 Å². The van der Waals surface area contributed by atoms with Gasteiger partial charge in [0.2, 0.25) is 0 Å². The number of piperazine rings is 1. The van der Waals surface area contributed by atoms with E-state index in [0.717, 1.165) is 10.2 Å². The van der Waals surface area contributed by atoms with Crippen LogP contribution < -0.4 is 4.90 Å². The predicted molar refractivity (Wildman–Crippen MR) is 79.3 cm³/mol. The Labute approximate surface area is 126 Å². The normalized spacial score (nSPS) is 16.7. The van der Waals surface area contributed by atoms with E-state index in [1.807, 2.05) is 12.1 Å². The summed E-state index contributed by atoms with van der Waals surface area (Å²) in [4.78, 5) is 15.5. The number of nitrogens with zero attached hydrogens (tertiary/aromatic N) is 3. The van der Waals surface area contributed by atoms with Crippen LogP contribution in [0.25, 0.3) is 0 Å². The summed E-state index contributed by atoms with van der Waals surface area (Å²) in [7, 11) is 0. The van der Waals surface area contributed by atoms with Crippen LogP contribution in [0.1, 0.15) is 12.5 Å². The second kappa shape index (κ2) is 6.25. The molecule has 2 rings (SSSR count). The fourth-order valence-electron chi connectivity index (χ4n) is 2.31. The molecule has 0 aliphatic carbocycles. The van der Waals surface area contributed by atoms with E-state index in [4.69, 9.17) is 0 Å². The van der Waals surface area contributed by atoms with Crippen molar-refractivity contribution in [2.45, 2.75) is 13.0 Å². The number of rotatable bonds is 2. The third kappa shape index (κ3) is 3.11. The van der Waals surface area contributed by atoms with Gasteiger partial charge < -0.3 is 14.9 Å². The molecule has 1 atom stereocenters. The molecule has 1 saturated heterocycles. The Morgan fingerprint density at radius 2 is 2.05 bits per heavy atom. The van der Waals surface area contributed by atoms with Crippen LogP contribution in [-0.4, -0.2) is 48.2 Å². The van der Waals surface area contributed by atoms with Crippen LogP contribution in [0.2, 0.25) is 0 Å². The standard InChI is InChI=1S/C14H16BrN3O2/c1-10(19)14(20)18-6-4-17(5-7-18)13-3-2-12(15)8-11(13)9-16/h2-3,8,10,19H,4-7H2,1H3/t10-/m1/s1. The van der Waals surface area contributed by atoms with Crippen LogP contribution in [0, 0.1) is 11.3 Å². The molecule has 1 aliphatic heterocycles. The molecule has 0 aromatic heterocycles. The highest BCUT2D eigenvalue weighted by Gasteiger charge is 2.24. The third-order valence-corrected chi connectivity index (χ3v) is 3.86. The van der Waals surface area contributed by atoms with Crippen molar-refractivity contribution in [3.05, 3.63) is 28.2 Å². The zero-order valence-electron chi connectivity index (χ0n) is 11.2. The van der Waals surface area contributed by atoms with Crippen LogP contribution in [-0.2, 0) is 4.79 Å². The first-order valence-corrected chi connectivity index (χ1v) is 7.23. The van der Waals surface area contributed by atoms with E-state index < -0.39 is 6.10 Å². The number of hydrogen-bond donors (Lipinski definition) is 1. The van der Waals surface area contributed by atoms with Crippen molar-refractivity contribution in [3.63, 3.8) is 0 Å². The highest BCUT2D eigenvalue weighted by molar-refractivity contribution is 9.10. The second-order valence-electron chi connectivity index (χ2n) is 4.76. The lowest BCUT2D eigenvalue weighted by atomic mass is 10.1. The van der Waals surface area contributed by atoms with Crippen molar-refractivity contribution in [3.8, 4) is 6.07 Å². The number of hydrogen-bond acceptors (Lipinski definition) is 4. The first-order valence-electron chi connectivity index (χ1n) is 6.44. The maximum absolute atomic E-state index is 11.7. The number of carbonyl (C=O) groups excluding carboxylic acids is 1. The molecule has 0 bridgehead atoms. The van der Waals surface area contributed by atoms with E-state index in [0.29, 0.717) is 31.7 Å². The molecule has 1 amide bonds. The zero-order valence-corrected chi connectivity index (χ0v) is 12.8. The van der Waals surface area contributed by atoms with Gasteiger partial charge >= 0.3 is 0 Å².